The van der Waals surface area contributed by atoms with Gasteiger partial charge in [0, 0.05) is 17.0 Å². The van der Waals surface area contributed by atoms with Crippen molar-refractivity contribution in [1.29, 1.82) is 0 Å². The summed E-state index contributed by atoms with van der Waals surface area (Å²) in [5.74, 6) is 1.01. The zero-order valence-corrected chi connectivity index (χ0v) is 13.7. The van der Waals surface area contributed by atoms with Crippen molar-refractivity contribution in [3.8, 4) is 5.75 Å². The van der Waals surface area contributed by atoms with E-state index in [1.54, 1.807) is 6.07 Å². The Morgan fingerprint density at radius 1 is 1.29 bits per heavy atom. The normalized spacial score (nSPS) is 11.1. The Kier molecular flexibility index (Phi) is 6.03. The molecule has 0 radical (unpaired) electrons. The molecule has 0 atom stereocenters. The van der Waals surface area contributed by atoms with E-state index in [1.807, 2.05) is 12.1 Å². The van der Waals surface area contributed by atoms with Gasteiger partial charge in [-0.2, -0.15) is 0 Å². The van der Waals surface area contributed by atoms with Crippen molar-refractivity contribution < 1.29 is 9.13 Å². The summed E-state index contributed by atoms with van der Waals surface area (Å²) in [5, 5.41) is 3.31. The second-order valence-electron chi connectivity index (χ2n) is 5.27. The highest BCUT2D eigenvalue weighted by molar-refractivity contribution is 7.16. The molecule has 2 aromatic rings. The van der Waals surface area contributed by atoms with Crippen molar-refractivity contribution in [2.24, 2.45) is 5.92 Å². The molecule has 2 rings (SSSR count). The van der Waals surface area contributed by atoms with Crippen LogP contribution in [0.1, 0.15) is 24.3 Å². The third-order valence-electron chi connectivity index (χ3n) is 2.89. The summed E-state index contributed by atoms with van der Waals surface area (Å²) >= 11 is 7.38. The molecule has 0 aliphatic rings. The molecule has 1 aromatic heterocycles. The number of hydrogen-bond acceptors (Lipinski definition) is 3. The van der Waals surface area contributed by atoms with E-state index in [4.69, 9.17) is 16.3 Å². The quantitative estimate of drug-likeness (QED) is 0.783. The van der Waals surface area contributed by atoms with Crippen LogP contribution in [0.2, 0.25) is 4.34 Å². The molecular weight excluding hydrogens is 309 g/mol. The van der Waals surface area contributed by atoms with E-state index in [1.165, 1.54) is 23.5 Å². The van der Waals surface area contributed by atoms with Crippen molar-refractivity contribution in [3.05, 3.63) is 50.9 Å². The lowest BCUT2D eigenvalue weighted by molar-refractivity contribution is 0.305. The van der Waals surface area contributed by atoms with Crippen LogP contribution < -0.4 is 10.1 Å². The van der Waals surface area contributed by atoms with E-state index in [-0.39, 0.29) is 5.82 Å². The van der Waals surface area contributed by atoms with Gasteiger partial charge >= 0.3 is 0 Å². The highest BCUT2D eigenvalue weighted by atomic mass is 35.5. The van der Waals surface area contributed by atoms with Gasteiger partial charge < -0.3 is 10.1 Å². The lowest BCUT2D eigenvalue weighted by Gasteiger charge is -2.13. The number of hydrogen-bond donors (Lipinski definition) is 1. The minimum absolute atomic E-state index is 0.247. The Morgan fingerprint density at radius 2 is 2.10 bits per heavy atom. The van der Waals surface area contributed by atoms with E-state index in [0.29, 0.717) is 24.8 Å². The molecule has 0 aliphatic carbocycles. The summed E-state index contributed by atoms with van der Waals surface area (Å²) in [4.78, 5) is 1.05. The Labute approximate surface area is 133 Å². The van der Waals surface area contributed by atoms with Crippen LogP contribution in [0, 0.1) is 11.7 Å². The molecule has 1 aromatic carbocycles. The summed E-state index contributed by atoms with van der Waals surface area (Å²) < 4.78 is 19.9. The summed E-state index contributed by atoms with van der Waals surface area (Å²) in [6.45, 7) is 6.19. The molecule has 0 saturated carbocycles. The van der Waals surface area contributed by atoms with Crippen LogP contribution in [-0.2, 0) is 13.2 Å². The molecule has 0 fully saturated rings. The van der Waals surface area contributed by atoms with Crippen LogP contribution in [0.5, 0.6) is 5.75 Å². The fourth-order valence-electron chi connectivity index (χ4n) is 1.90. The monoisotopic (exact) mass is 327 g/mol. The number of thiophene rings is 1. The number of nitrogens with one attached hydrogen (secondary N) is 1. The average Bonchev–Trinajstić information content (AvgIpc) is 2.83. The lowest BCUT2D eigenvalue weighted by atomic mass is 10.1. The third kappa shape index (κ3) is 5.30. The number of rotatable bonds is 7. The maximum atomic E-state index is 13.4. The van der Waals surface area contributed by atoms with Crippen molar-refractivity contribution in [2.45, 2.75) is 27.0 Å². The molecule has 0 spiro atoms. The Morgan fingerprint density at radius 3 is 2.76 bits per heavy atom. The predicted molar refractivity (Wildman–Crippen MR) is 86.6 cm³/mol. The average molecular weight is 328 g/mol. The molecule has 114 valence electrons. The van der Waals surface area contributed by atoms with Gasteiger partial charge in [-0.3, -0.25) is 0 Å². The molecule has 0 aliphatic heterocycles. The number of benzene rings is 1. The summed E-state index contributed by atoms with van der Waals surface area (Å²) in [6, 6.07) is 8.40. The Balaban J connectivity index is 2.00. The smallest absolute Gasteiger partial charge is 0.124 e. The predicted octanol–water partition coefficient (Wildman–Crippen LogP) is 4.87. The third-order valence-corrected chi connectivity index (χ3v) is 4.09. The summed E-state index contributed by atoms with van der Waals surface area (Å²) in [6.07, 6.45) is 0. The van der Waals surface area contributed by atoms with E-state index < -0.39 is 0 Å². The molecular formula is C16H19ClFNOS. The van der Waals surface area contributed by atoms with Crippen LogP contribution in [0.25, 0.3) is 0 Å². The molecule has 5 heteroatoms. The molecule has 21 heavy (non-hydrogen) atoms. The van der Waals surface area contributed by atoms with E-state index in [0.717, 1.165) is 21.3 Å². The topological polar surface area (TPSA) is 21.3 Å². The van der Waals surface area contributed by atoms with Crippen LogP contribution in [0.4, 0.5) is 4.39 Å². The van der Waals surface area contributed by atoms with Crippen LogP contribution >= 0.6 is 22.9 Å². The Bertz CT molecular complexity index is 585. The fraction of sp³-hybridized carbons (Fsp3) is 0.375. The molecule has 0 bridgehead atoms. The summed E-state index contributed by atoms with van der Waals surface area (Å²) in [5.41, 5.74) is 0.832. The lowest BCUT2D eigenvalue weighted by Crippen LogP contribution is -2.19. The second kappa shape index (κ2) is 7.78. The van der Waals surface area contributed by atoms with Gasteiger partial charge in [-0.25, -0.2) is 4.39 Å². The van der Waals surface area contributed by atoms with Crippen LogP contribution in [-0.4, -0.2) is 6.54 Å². The maximum Gasteiger partial charge on any atom is 0.124 e. The van der Waals surface area contributed by atoms with Gasteiger partial charge in [0.2, 0.25) is 0 Å². The first-order valence-electron chi connectivity index (χ1n) is 6.90. The van der Waals surface area contributed by atoms with Gasteiger partial charge in [0.15, 0.2) is 0 Å². The van der Waals surface area contributed by atoms with Crippen LogP contribution in [0.3, 0.4) is 0 Å². The summed E-state index contributed by atoms with van der Waals surface area (Å²) in [7, 11) is 0. The fourth-order valence-corrected chi connectivity index (χ4v) is 2.90. The Hall–Kier alpha value is -1.10. The standard InChI is InChI=1S/C16H19ClFNOS/c1-11(2)8-19-9-12-7-13(18)3-5-15(12)20-10-14-4-6-16(17)21-14/h3-7,11,19H,8-10H2,1-2H3. The minimum atomic E-state index is -0.247. The second-order valence-corrected chi connectivity index (χ2v) is 7.07. The molecule has 1 heterocycles. The van der Waals surface area contributed by atoms with Crippen molar-refractivity contribution >= 4 is 22.9 Å². The molecule has 2 nitrogen and oxygen atoms in total. The van der Waals surface area contributed by atoms with Gasteiger partial charge in [0.05, 0.1) is 4.34 Å². The van der Waals surface area contributed by atoms with Gasteiger partial charge in [-0.1, -0.05) is 25.4 Å². The highest BCUT2D eigenvalue weighted by Crippen LogP contribution is 2.25. The van der Waals surface area contributed by atoms with Gasteiger partial charge in [-0.05, 0) is 42.8 Å². The largest absolute Gasteiger partial charge is 0.488 e. The van der Waals surface area contributed by atoms with E-state index in [2.05, 4.69) is 19.2 Å². The zero-order valence-electron chi connectivity index (χ0n) is 12.2. The number of ether oxygens (including phenoxy) is 1. The SMILES string of the molecule is CC(C)CNCc1cc(F)ccc1OCc1ccc(Cl)s1. The molecule has 0 saturated heterocycles. The first kappa shape index (κ1) is 16.3. The van der Waals surface area contributed by atoms with Crippen molar-refractivity contribution in [2.75, 3.05) is 6.54 Å². The molecule has 0 amide bonds. The van der Waals surface area contributed by atoms with Gasteiger partial charge in [0.25, 0.3) is 0 Å². The molecule has 1 N–H and O–H groups in total. The van der Waals surface area contributed by atoms with Crippen molar-refractivity contribution in [3.63, 3.8) is 0 Å². The number of halogens is 2. The first-order chi connectivity index (χ1) is 10.0. The van der Waals surface area contributed by atoms with E-state index >= 15 is 0 Å². The first-order valence-corrected chi connectivity index (χ1v) is 8.10. The molecule has 0 unspecified atom stereocenters. The zero-order chi connectivity index (χ0) is 15.2. The van der Waals surface area contributed by atoms with Gasteiger partial charge in [0.1, 0.15) is 18.2 Å². The minimum Gasteiger partial charge on any atom is -0.488 e. The highest BCUT2D eigenvalue weighted by Gasteiger charge is 2.07. The maximum absolute atomic E-state index is 13.4. The van der Waals surface area contributed by atoms with E-state index in [9.17, 15) is 4.39 Å². The van der Waals surface area contributed by atoms with Crippen molar-refractivity contribution in [1.82, 2.24) is 5.32 Å². The van der Waals surface area contributed by atoms with Gasteiger partial charge in [-0.15, -0.1) is 11.3 Å². The van der Waals surface area contributed by atoms with Crippen LogP contribution in [0.15, 0.2) is 30.3 Å².